The fraction of sp³-hybridized carbons (Fsp3) is 0.0455. The van der Waals surface area contributed by atoms with Gasteiger partial charge in [-0.2, -0.15) is 0 Å². The number of nitrogens with one attached hydrogen (secondary N) is 1. The number of aliphatic imine (C=N–C) groups is 1. The zero-order valence-electron chi connectivity index (χ0n) is 37.9. The van der Waals surface area contributed by atoms with Gasteiger partial charge in [-0.3, -0.25) is 4.99 Å². The van der Waals surface area contributed by atoms with E-state index in [1.54, 1.807) is 0 Å². The van der Waals surface area contributed by atoms with Crippen LogP contribution in [0.3, 0.4) is 0 Å². The second-order valence-corrected chi connectivity index (χ2v) is 18.9. The molecular weight excluding hydrogens is 853 g/mol. The van der Waals surface area contributed by atoms with Crippen LogP contribution in [0.2, 0.25) is 0 Å². The van der Waals surface area contributed by atoms with E-state index in [0.717, 1.165) is 83.9 Å². The summed E-state index contributed by atoms with van der Waals surface area (Å²) in [7, 11) is 0. The summed E-state index contributed by atoms with van der Waals surface area (Å²) >= 11 is 0. The van der Waals surface area contributed by atoms with Gasteiger partial charge in [0, 0.05) is 33.2 Å². The van der Waals surface area contributed by atoms with Crippen molar-refractivity contribution < 1.29 is 9.15 Å². The van der Waals surface area contributed by atoms with Gasteiger partial charge in [0.05, 0.1) is 16.9 Å². The average molecular weight is 895 g/mol. The number of benzene rings is 10. The molecule has 0 amide bonds. The highest BCUT2D eigenvalue weighted by Crippen LogP contribution is 2.67. The van der Waals surface area contributed by atoms with E-state index >= 15 is 0 Å². The van der Waals surface area contributed by atoms with E-state index in [2.05, 4.69) is 236 Å². The van der Waals surface area contributed by atoms with E-state index in [4.69, 9.17) is 14.1 Å². The quantitative estimate of drug-likeness (QED) is 0.191. The van der Waals surface area contributed by atoms with Gasteiger partial charge in [-0.15, -0.1) is 0 Å². The highest BCUT2D eigenvalue weighted by Gasteiger charge is 2.58. The highest BCUT2D eigenvalue weighted by molar-refractivity contribution is 6.10. The molecule has 0 saturated heterocycles. The molecule has 1 unspecified atom stereocenters. The molecule has 2 aliphatic carbocycles. The summed E-state index contributed by atoms with van der Waals surface area (Å²) in [5.41, 5.74) is 19.6. The van der Waals surface area contributed by atoms with Gasteiger partial charge >= 0.3 is 0 Å². The Balaban J connectivity index is 0.888. The lowest BCUT2D eigenvalue weighted by atomic mass is 9.51. The van der Waals surface area contributed by atoms with E-state index in [1.807, 2.05) is 12.1 Å². The van der Waals surface area contributed by atoms with E-state index < -0.39 is 10.8 Å². The molecule has 10 aromatic carbocycles. The molecule has 0 fully saturated rings. The van der Waals surface area contributed by atoms with E-state index in [-0.39, 0.29) is 6.04 Å². The molecule has 3 heterocycles. The highest BCUT2D eigenvalue weighted by atomic mass is 16.5. The van der Waals surface area contributed by atoms with Crippen molar-refractivity contribution in [3.8, 4) is 33.8 Å². The molecular formula is C66H42N2O2. The standard InChI is InChI=1S/C66H42N2O2/c1-2-17-41(18-3-1)58-40-59(68-64(67-58)45-33-35-48-47-22-5-13-30-60(47)69-63(48)39-45)44-20-16-19-42(37-44)43-34-36-51-49(38-43)46-21-4-6-23-50(46)65(51)52-24-7-9-26-54(52)66(55-27-10-8-25-53(55)65)56-28-11-14-31-61(56)70-62-32-15-12-29-57(62)66/h1-40,59H,(H,67,68). The van der Waals surface area contributed by atoms with E-state index in [0.29, 0.717) is 0 Å². The van der Waals surface area contributed by atoms with Crippen molar-refractivity contribution in [3.05, 3.63) is 304 Å². The zero-order valence-corrected chi connectivity index (χ0v) is 37.9. The Hall–Kier alpha value is -8.99. The average Bonchev–Trinajstić information content (AvgIpc) is 3.96. The van der Waals surface area contributed by atoms with Crippen LogP contribution in [0.1, 0.15) is 67.2 Å². The molecule has 328 valence electrons. The van der Waals surface area contributed by atoms with Gasteiger partial charge in [-0.05, 0) is 115 Å². The molecule has 1 aromatic heterocycles. The number of fused-ring (bicyclic) bond motifs is 18. The number of furan rings is 1. The van der Waals surface area contributed by atoms with E-state index in [9.17, 15) is 0 Å². The summed E-state index contributed by atoms with van der Waals surface area (Å²) in [6.45, 7) is 0. The minimum absolute atomic E-state index is 0.237. The number of hydrogen-bond acceptors (Lipinski definition) is 4. The summed E-state index contributed by atoms with van der Waals surface area (Å²) < 4.78 is 13.1. The minimum Gasteiger partial charge on any atom is -0.457 e. The Bertz CT molecular complexity index is 3950. The van der Waals surface area contributed by atoms with Crippen LogP contribution < -0.4 is 10.1 Å². The molecule has 0 radical (unpaired) electrons. The maximum absolute atomic E-state index is 6.72. The predicted octanol–water partition coefficient (Wildman–Crippen LogP) is 15.6. The zero-order chi connectivity index (χ0) is 46.0. The molecule has 0 bridgehead atoms. The Morgan fingerprint density at radius 2 is 0.914 bits per heavy atom. The lowest BCUT2D eigenvalue weighted by molar-refractivity contribution is 0.429. The first-order chi connectivity index (χ1) is 34.7. The molecule has 11 aromatic rings. The monoisotopic (exact) mass is 894 g/mol. The van der Waals surface area contributed by atoms with Crippen molar-refractivity contribution in [1.82, 2.24) is 5.32 Å². The Morgan fingerprint density at radius 1 is 0.371 bits per heavy atom. The van der Waals surface area contributed by atoms with Gasteiger partial charge in [0.1, 0.15) is 28.5 Å². The minimum atomic E-state index is -0.603. The first-order valence-corrected chi connectivity index (χ1v) is 24.1. The van der Waals surface area contributed by atoms with Gasteiger partial charge in [0.2, 0.25) is 0 Å². The van der Waals surface area contributed by atoms with Gasteiger partial charge in [0.15, 0.2) is 0 Å². The summed E-state index contributed by atoms with van der Waals surface area (Å²) in [4.78, 5) is 5.42. The third-order valence-corrected chi connectivity index (χ3v) is 15.5. The summed E-state index contributed by atoms with van der Waals surface area (Å²) in [5.74, 6) is 2.59. The summed E-state index contributed by atoms with van der Waals surface area (Å²) in [6, 6.07) is 85.8. The van der Waals surface area contributed by atoms with Gasteiger partial charge in [0.25, 0.3) is 0 Å². The van der Waals surface area contributed by atoms with Crippen LogP contribution in [-0.2, 0) is 10.8 Å². The molecule has 0 saturated carbocycles. The van der Waals surface area contributed by atoms with Crippen LogP contribution in [0, 0.1) is 0 Å². The number of para-hydroxylation sites is 3. The SMILES string of the molecule is C1=C(c2ccccc2)NC(c2ccc3c(c2)oc2ccccc23)=NC1c1cccc(-c2ccc3c(c2)-c2ccccc2C32c3ccccc3C3(c4ccccc4Oc4ccccc43)c3ccccc32)c1. The fourth-order valence-electron chi connectivity index (χ4n) is 12.6. The Morgan fingerprint density at radius 3 is 1.64 bits per heavy atom. The third-order valence-electron chi connectivity index (χ3n) is 15.5. The van der Waals surface area contributed by atoms with Crippen molar-refractivity contribution in [2.45, 2.75) is 16.9 Å². The van der Waals surface area contributed by atoms with Crippen molar-refractivity contribution in [1.29, 1.82) is 0 Å². The maximum atomic E-state index is 6.72. The van der Waals surface area contributed by atoms with Crippen molar-refractivity contribution >= 4 is 33.5 Å². The van der Waals surface area contributed by atoms with Crippen LogP contribution >= 0.6 is 0 Å². The molecule has 2 aliphatic heterocycles. The number of ether oxygens (including phenoxy) is 1. The largest absolute Gasteiger partial charge is 0.457 e. The molecule has 15 rings (SSSR count). The van der Waals surface area contributed by atoms with Crippen LogP contribution in [-0.4, -0.2) is 5.84 Å². The lowest BCUT2D eigenvalue weighted by Crippen LogP contribution is -2.45. The Labute approximate surface area is 405 Å². The van der Waals surface area contributed by atoms with Gasteiger partial charge < -0.3 is 14.5 Å². The normalized spacial score (nSPS) is 16.2. The third kappa shape index (κ3) is 5.33. The fourth-order valence-corrected chi connectivity index (χ4v) is 12.6. The number of rotatable bonds is 4. The number of amidine groups is 1. The van der Waals surface area contributed by atoms with Crippen LogP contribution in [0.25, 0.3) is 49.9 Å². The van der Waals surface area contributed by atoms with Crippen molar-refractivity contribution in [3.63, 3.8) is 0 Å². The molecule has 4 aliphatic rings. The molecule has 70 heavy (non-hydrogen) atoms. The van der Waals surface area contributed by atoms with E-state index in [1.165, 1.54) is 44.5 Å². The molecule has 2 spiro atoms. The lowest BCUT2D eigenvalue weighted by Gasteiger charge is -2.51. The molecule has 4 nitrogen and oxygen atoms in total. The summed E-state index contributed by atoms with van der Waals surface area (Å²) in [5, 5.41) is 5.91. The van der Waals surface area contributed by atoms with Gasteiger partial charge in [-0.25, -0.2) is 0 Å². The summed E-state index contributed by atoms with van der Waals surface area (Å²) in [6.07, 6.45) is 2.25. The van der Waals surface area contributed by atoms with Crippen LogP contribution in [0.4, 0.5) is 0 Å². The van der Waals surface area contributed by atoms with Crippen molar-refractivity contribution in [2.24, 2.45) is 4.99 Å². The molecule has 1 atom stereocenters. The van der Waals surface area contributed by atoms with Crippen molar-refractivity contribution in [2.75, 3.05) is 0 Å². The second-order valence-electron chi connectivity index (χ2n) is 18.9. The maximum Gasteiger partial charge on any atom is 0.136 e. The smallest absolute Gasteiger partial charge is 0.136 e. The first kappa shape index (κ1) is 39.0. The first-order valence-electron chi connectivity index (χ1n) is 24.1. The molecule has 1 N–H and O–H groups in total. The number of nitrogens with zero attached hydrogens (tertiary/aromatic N) is 1. The molecule has 4 heteroatoms. The Kier molecular flexibility index (Phi) is 8.23. The topological polar surface area (TPSA) is 46.8 Å². The van der Waals surface area contributed by atoms with Crippen LogP contribution in [0.15, 0.2) is 252 Å². The van der Waals surface area contributed by atoms with Crippen LogP contribution in [0.5, 0.6) is 11.5 Å². The second kappa shape index (κ2) is 14.8. The van der Waals surface area contributed by atoms with Gasteiger partial charge in [-0.1, -0.05) is 194 Å². The predicted molar refractivity (Wildman–Crippen MR) is 282 cm³/mol. The number of hydrogen-bond donors (Lipinski definition) is 1.